The number of imide groups is 1. The molecule has 0 aromatic heterocycles. The van der Waals surface area contributed by atoms with Crippen LogP contribution < -0.4 is 5.32 Å². The third kappa shape index (κ3) is 1.43. The van der Waals surface area contributed by atoms with Gasteiger partial charge in [0.05, 0.1) is 6.54 Å². The van der Waals surface area contributed by atoms with Gasteiger partial charge in [-0.25, -0.2) is 4.79 Å². The maximum absolute atomic E-state index is 11.4. The number of nitrogens with zero attached hydrogens (tertiary/aromatic N) is 1. The van der Waals surface area contributed by atoms with Gasteiger partial charge in [-0.05, 0) is 6.42 Å². The lowest BCUT2D eigenvalue weighted by molar-refractivity contribution is -0.136. The number of rotatable bonds is 1. The Morgan fingerprint density at radius 2 is 2.14 bits per heavy atom. The molecular formula is C8H10N2O4. The van der Waals surface area contributed by atoms with E-state index in [0.717, 1.165) is 0 Å². The molecule has 0 saturated carbocycles. The maximum atomic E-state index is 11.4. The SMILES string of the molecule is O=C1CCC(N2CCOC2=O)C(=O)N1. The van der Waals surface area contributed by atoms with Gasteiger partial charge in [-0.3, -0.25) is 19.8 Å². The molecule has 0 radical (unpaired) electrons. The van der Waals surface area contributed by atoms with Crippen molar-refractivity contribution in [3.05, 3.63) is 0 Å². The van der Waals surface area contributed by atoms with E-state index in [9.17, 15) is 14.4 Å². The van der Waals surface area contributed by atoms with E-state index in [1.165, 1.54) is 4.90 Å². The van der Waals surface area contributed by atoms with Gasteiger partial charge >= 0.3 is 6.09 Å². The van der Waals surface area contributed by atoms with Crippen LogP contribution in [0, 0.1) is 0 Å². The van der Waals surface area contributed by atoms with Crippen molar-refractivity contribution in [2.24, 2.45) is 0 Å². The minimum atomic E-state index is -0.539. The minimum absolute atomic E-state index is 0.278. The molecule has 6 heteroatoms. The zero-order chi connectivity index (χ0) is 10.1. The summed E-state index contributed by atoms with van der Waals surface area (Å²) in [6, 6.07) is -0.539. The van der Waals surface area contributed by atoms with Gasteiger partial charge in [0, 0.05) is 6.42 Å². The van der Waals surface area contributed by atoms with Gasteiger partial charge < -0.3 is 4.74 Å². The maximum Gasteiger partial charge on any atom is 0.410 e. The van der Waals surface area contributed by atoms with Gasteiger partial charge in [-0.2, -0.15) is 0 Å². The third-order valence-electron chi connectivity index (χ3n) is 2.38. The molecule has 0 bridgehead atoms. The van der Waals surface area contributed by atoms with Crippen molar-refractivity contribution < 1.29 is 19.1 Å². The lowest BCUT2D eigenvalue weighted by atomic mass is 10.1. The molecule has 2 aliphatic heterocycles. The molecule has 1 atom stereocenters. The van der Waals surface area contributed by atoms with Crippen LogP contribution in [0.4, 0.5) is 4.79 Å². The second-order valence-electron chi connectivity index (χ2n) is 3.27. The van der Waals surface area contributed by atoms with Crippen molar-refractivity contribution in [3.63, 3.8) is 0 Å². The average Bonchev–Trinajstić information content (AvgIpc) is 2.52. The summed E-state index contributed by atoms with van der Waals surface area (Å²) in [6.45, 7) is 0.738. The smallest absolute Gasteiger partial charge is 0.410 e. The van der Waals surface area contributed by atoms with Crippen molar-refractivity contribution in [3.8, 4) is 0 Å². The van der Waals surface area contributed by atoms with Crippen molar-refractivity contribution in [1.82, 2.24) is 10.2 Å². The summed E-state index contributed by atoms with van der Waals surface area (Å²) in [4.78, 5) is 34.7. The molecule has 2 aliphatic rings. The summed E-state index contributed by atoms with van der Waals surface area (Å²) in [5.74, 6) is -0.682. The molecule has 0 aliphatic carbocycles. The molecule has 3 amide bonds. The molecular weight excluding hydrogens is 188 g/mol. The zero-order valence-corrected chi connectivity index (χ0v) is 7.49. The Hall–Kier alpha value is -1.59. The highest BCUT2D eigenvalue weighted by molar-refractivity contribution is 6.01. The molecule has 0 aromatic carbocycles. The van der Waals surface area contributed by atoms with Crippen LogP contribution in [-0.4, -0.2) is 42.0 Å². The fourth-order valence-electron chi connectivity index (χ4n) is 1.67. The van der Waals surface area contributed by atoms with Crippen molar-refractivity contribution in [1.29, 1.82) is 0 Å². The standard InChI is InChI=1S/C8H10N2O4/c11-6-2-1-5(7(12)9-6)10-3-4-14-8(10)13/h5H,1-4H2,(H,9,11,12). The van der Waals surface area contributed by atoms with Crippen molar-refractivity contribution in [2.75, 3.05) is 13.2 Å². The first-order valence-electron chi connectivity index (χ1n) is 4.45. The molecule has 1 unspecified atom stereocenters. The lowest BCUT2D eigenvalue weighted by Crippen LogP contribution is -2.52. The highest BCUT2D eigenvalue weighted by Gasteiger charge is 2.37. The van der Waals surface area contributed by atoms with Crippen molar-refractivity contribution in [2.45, 2.75) is 18.9 Å². The van der Waals surface area contributed by atoms with E-state index >= 15 is 0 Å². The van der Waals surface area contributed by atoms with E-state index in [4.69, 9.17) is 4.74 Å². The molecule has 6 nitrogen and oxygen atoms in total. The molecule has 2 heterocycles. The summed E-state index contributed by atoms with van der Waals surface area (Å²) < 4.78 is 4.72. The van der Waals surface area contributed by atoms with Crippen LogP contribution in [0.25, 0.3) is 0 Å². The topological polar surface area (TPSA) is 75.7 Å². The Labute approximate surface area is 80.2 Å². The largest absolute Gasteiger partial charge is 0.448 e. The Bertz CT molecular complexity index is 302. The first kappa shape index (κ1) is 8.98. The predicted octanol–water partition coefficient (Wildman–Crippen LogP) is -0.756. The summed E-state index contributed by atoms with van der Waals surface area (Å²) in [5.41, 5.74) is 0. The Morgan fingerprint density at radius 3 is 2.71 bits per heavy atom. The molecule has 0 spiro atoms. The summed E-state index contributed by atoms with van der Waals surface area (Å²) in [6.07, 6.45) is 0.194. The normalized spacial score (nSPS) is 27.6. The monoisotopic (exact) mass is 198 g/mol. The molecule has 1 N–H and O–H groups in total. The molecule has 0 aromatic rings. The highest BCUT2D eigenvalue weighted by atomic mass is 16.6. The first-order valence-corrected chi connectivity index (χ1v) is 4.45. The summed E-state index contributed by atoms with van der Waals surface area (Å²) in [5, 5.41) is 2.20. The van der Waals surface area contributed by atoms with Crippen LogP contribution >= 0.6 is 0 Å². The van der Waals surface area contributed by atoms with Crippen LogP contribution in [0.3, 0.4) is 0 Å². The quantitative estimate of drug-likeness (QED) is 0.562. The summed E-state index contributed by atoms with van der Waals surface area (Å²) in [7, 11) is 0. The second kappa shape index (κ2) is 3.28. The van der Waals surface area contributed by atoms with E-state index in [2.05, 4.69) is 5.32 Å². The fourth-order valence-corrected chi connectivity index (χ4v) is 1.67. The average molecular weight is 198 g/mol. The van der Waals surface area contributed by atoms with Gasteiger partial charge in [0.15, 0.2) is 0 Å². The van der Waals surface area contributed by atoms with E-state index in [0.29, 0.717) is 19.6 Å². The predicted molar refractivity (Wildman–Crippen MR) is 44.2 cm³/mol. The van der Waals surface area contributed by atoms with Crippen LogP contribution in [-0.2, 0) is 14.3 Å². The Kier molecular flexibility index (Phi) is 2.11. The number of carbonyl (C=O) groups is 3. The first-order chi connectivity index (χ1) is 6.68. The van der Waals surface area contributed by atoms with E-state index in [1.807, 2.05) is 0 Å². The number of ether oxygens (including phenoxy) is 1. The number of nitrogens with one attached hydrogen (secondary N) is 1. The van der Waals surface area contributed by atoms with Crippen molar-refractivity contribution >= 4 is 17.9 Å². The van der Waals surface area contributed by atoms with Crippen LogP contribution in [0.15, 0.2) is 0 Å². The van der Waals surface area contributed by atoms with E-state index in [-0.39, 0.29) is 12.3 Å². The number of hydrogen-bond donors (Lipinski definition) is 1. The second-order valence-corrected chi connectivity index (χ2v) is 3.27. The number of carbonyl (C=O) groups excluding carboxylic acids is 3. The molecule has 76 valence electrons. The molecule has 2 fully saturated rings. The number of amides is 3. The van der Waals surface area contributed by atoms with Crippen LogP contribution in [0.2, 0.25) is 0 Å². The zero-order valence-electron chi connectivity index (χ0n) is 7.49. The van der Waals surface area contributed by atoms with Gasteiger partial charge in [-0.15, -0.1) is 0 Å². The lowest BCUT2D eigenvalue weighted by Gasteiger charge is -2.27. The van der Waals surface area contributed by atoms with Gasteiger partial charge in [-0.1, -0.05) is 0 Å². The molecule has 14 heavy (non-hydrogen) atoms. The number of hydrogen-bond acceptors (Lipinski definition) is 4. The molecule has 2 rings (SSSR count). The van der Waals surface area contributed by atoms with Gasteiger partial charge in [0.25, 0.3) is 0 Å². The Morgan fingerprint density at radius 1 is 1.36 bits per heavy atom. The molecule has 2 saturated heterocycles. The van der Waals surface area contributed by atoms with E-state index in [1.54, 1.807) is 0 Å². The Balaban J connectivity index is 2.07. The minimum Gasteiger partial charge on any atom is -0.448 e. The van der Waals surface area contributed by atoms with Crippen LogP contribution in [0.5, 0.6) is 0 Å². The highest BCUT2D eigenvalue weighted by Crippen LogP contribution is 2.16. The van der Waals surface area contributed by atoms with Gasteiger partial charge in [0.1, 0.15) is 12.6 Å². The van der Waals surface area contributed by atoms with Crippen LogP contribution in [0.1, 0.15) is 12.8 Å². The fraction of sp³-hybridized carbons (Fsp3) is 0.625. The number of cyclic esters (lactones) is 1. The van der Waals surface area contributed by atoms with Gasteiger partial charge in [0.2, 0.25) is 11.8 Å². The summed E-state index contributed by atoms with van der Waals surface area (Å²) >= 11 is 0. The number of piperidine rings is 1. The van der Waals surface area contributed by atoms with E-state index < -0.39 is 18.0 Å². The third-order valence-corrected chi connectivity index (χ3v) is 2.38.